The van der Waals surface area contributed by atoms with Crippen LogP contribution in [0.25, 0.3) is 10.8 Å². The van der Waals surface area contributed by atoms with E-state index in [1.54, 1.807) is 18.5 Å². The monoisotopic (exact) mass is 399 g/mol. The SMILES string of the molecule is Cc1cccc(NC(=O)NCc2nn(Cc3cccnc3)c(=O)c3ccccc23)c1. The van der Waals surface area contributed by atoms with Gasteiger partial charge in [0.2, 0.25) is 0 Å². The van der Waals surface area contributed by atoms with Gasteiger partial charge in [0.1, 0.15) is 0 Å². The van der Waals surface area contributed by atoms with E-state index in [2.05, 4.69) is 20.7 Å². The average molecular weight is 399 g/mol. The molecule has 7 heteroatoms. The number of aryl methyl sites for hydroxylation is 1. The largest absolute Gasteiger partial charge is 0.332 e. The minimum absolute atomic E-state index is 0.178. The molecular weight excluding hydrogens is 378 g/mol. The molecule has 7 nitrogen and oxygen atoms in total. The molecule has 2 amide bonds. The number of benzene rings is 2. The summed E-state index contributed by atoms with van der Waals surface area (Å²) in [6.45, 7) is 2.45. The molecular formula is C23H21N5O2. The summed E-state index contributed by atoms with van der Waals surface area (Å²) < 4.78 is 1.41. The summed E-state index contributed by atoms with van der Waals surface area (Å²) in [5.41, 5.74) is 3.09. The molecule has 30 heavy (non-hydrogen) atoms. The van der Waals surface area contributed by atoms with Gasteiger partial charge in [0.25, 0.3) is 5.56 Å². The van der Waals surface area contributed by atoms with Gasteiger partial charge in [0.05, 0.1) is 24.2 Å². The molecule has 0 aliphatic carbocycles. The van der Waals surface area contributed by atoms with Crippen molar-refractivity contribution in [2.24, 2.45) is 0 Å². The third-order valence-corrected chi connectivity index (χ3v) is 4.69. The molecule has 0 spiro atoms. The van der Waals surface area contributed by atoms with Crippen molar-refractivity contribution in [2.75, 3.05) is 5.32 Å². The van der Waals surface area contributed by atoms with Crippen LogP contribution in [-0.2, 0) is 13.1 Å². The van der Waals surface area contributed by atoms with Crippen molar-refractivity contribution in [1.82, 2.24) is 20.1 Å². The lowest BCUT2D eigenvalue weighted by Crippen LogP contribution is -2.31. The number of fused-ring (bicyclic) bond motifs is 1. The van der Waals surface area contributed by atoms with Crippen molar-refractivity contribution in [3.8, 4) is 0 Å². The Labute approximate surface area is 173 Å². The molecule has 0 unspecified atom stereocenters. The zero-order valence-corrected chi connectivity index (χ0v) is 16.5. The van der Waals surface area contributed by atoms with Gasteiger partial charge in [-0.2, -0.15) is 5.10 Å². The van der Waals surface area contributed by atoms with Crippen LogP contribution in [0.1, 0.15) is 16.8 Å². The Morgan fingerprint density at radius 2 is 1.87 bits per heavy atom. The topological polar surface area (TPSA) is 88.9 Å². The van der Waals surface area contributed by atoms with Crippen molar-refractivity contribution >= 4 is 22.5 Å². The van der Waals surface area contributed by atoms with E-state index in [-0.39, 0.29) is 18.1 Å². The Balaban J connectivity index is 1.59. The highest BCUT2D eigenvalue weighted by atomic mass is 16.2. The number of amides is 2. The van der Waals surface area contributed by atoms with Crippen LogP contribution in [0, 0.1) is 6.92 Å². The lowest BCUT2D eigenvalue weighted by atomic mass is 10.1. The van der Waals surface area contributed by atoms with E-state index in [9.17, 15) is 9.59 Å². The van der Waals surface area contributed by atoms with Crippen LogP contribution in [0.2, 0.25) is 0 Å². The highest BCUT2D eigenvalue weighted by Crippen LogP contribution is 2.14. The number of pyridine rings is 1. The maximum atomic E-state index is 12.9. The fourth-order valence-corrected chi connectivity index (χ4v) is 3.27. The van der Waals surface area contributed by atoms with E-state index in [0.29, 0.717) is 23.3 Å². The number of urea groups is 1. The summed E-state index contributed by atoms with van der Waals surface area (Å²) in [5.74, 6) is 0. The Bertz CT molecular complexity index is 1250. The maximum Gasteiger partial charge on any atom is 0.319 e. The summed E-state index contributed by atoms with van der Waals surface area (Å²) >= 11 is 0. The molecule has 0 saturated carbocycles. The molecule has 0 aliphatic rings. The Hall–Kier alpha value is -4.00. The summed E-state index contributed by atoms with van der Waals surface area (Å²) in [6.07, 6.45) is 3.39. The van der Waals surface area contributed by atoms with E-state index in [4.69, 9.17) is 0 Å². The third kappa shape index (κ3) is 4.35. The molecule has 2 heterocycles. The number of rotatable bonds is 5. The van der Waals surface area contributed by atoms with Gasteiger partial charge >= 0.3 is 6.03 Å². The fourth-order valence-electron chi connectivity index (χ4n) is 3.27. The molecule has 4 rings (SSSR count). The standard InChI is InChI=1S/C23H21N5O2/c1-16-6-4-8-18(12-16)26-23(30)25-14-21-19-9-2-3-10-20(19)22(29)28(27-21)15-17-7-5-11-24-13-17/h2-13H,14-15H2,1H3,(H2,25,26,30). The van der Waals surface area contributed by atoms with Gasteiger partial charge in [-0.25, -0.2) is 9.48 Å². The number of anilines is 1. The maximum absolute atomic E-state index is 12.9. The van der Waals surface area contributed by atoms with Crippen LogP contribution in [0.3, 0.4) is 0 Å². The van der Waals surface area contributed by atoms with Gasteiger partial charge in [0, 0.05) is 23.5 Å². The lowest BCUT2D eigenvalue weighted by Gasteiger charge is -2.12. The number of hydrogen-bond donors (Lipinski definition) is 2. The van der Waals surface area contributed by atoms with E-state index < -0.39 is 0 Å². The first-order valence-corrected chi connectivity index (χ1v) is 9.59. The van der Waals surface area contributed by atoms with Crippen molar-refractivity contribution < 1.29 is 4.79 Å². The second kappa shape index (κ2) is 8.57. The molecule has 0 fully saturated rings. The fraction of sp³-hybridized carbons (Fsp3) is 0.130. The summed E-state index contributed by atoms with van der Waals surface area (Å²) in [5, 5.41) is 11.4. The highest BCUT2D eigenvalue weighted by Gasteiger charge is 2.12. The molecule has 0 atom stereocenters. The summed E-state index contributed by atoms with van der Waals surface area (Å²) in [6, 6.07) is 18.2. The van der Waals surface area contributed by atoms with Crippen molar-refractivity contribution in [2.45, 2.75) is 20.0 Å². The number of nitrogens with zero attached hydrogens (tertiary/aromatic N) is 3. The van der Waals surface area contributed by atoms with Gasteiger partial charge in [-0.3, -0.25) is 9.78 Å². The Morgan fingerprint density at radius 3 is 2.63 bits per heavy atom. The molecule has 150 valence electrons. The van der Waals surface area contributed by atoms with Crippen LogP contribution in [-0.4, -0.2) is 20.8 Å². The van der Waals surface area contributed by atoms with Crippen LogP contribution in [0.15, 0.2) is 77.9 Å². The number of carbonyl (C=O) groups excluding carboxylic acids is 1. The summed E-state index contributed by atoms with van der Waals surface area (Å²) in [4.78, 5) is 29.3. The molecule has 2 N–H and O–H groups in total. The van der Waals surface area contributed by atoms with Crippen LogP contribution < -0.4 is 16.2 Å². The van der Waals surface area contributed by atoms with Gasteiger partial charge in [-0.1, -0.05) is 36.4 Å². The van der Waals surface area contributed by atoms with Crippen molar-refractivity contribution in [1.29, 1.82) is 0 Å². The van der Waals surface area contributed by atoms with Gasteiger partial charge in [-0.05, 0) is 42.3 Å². The lowest BCUT2D eigenvalue weighted by molar-refractivity contribution is 0.251. The van der Waals surface area contributed by atoms with Gasteiger partial charge < -0.3 is 10.6 Å². The second-order valence-electron chi connectivity index (χ2n) is 6.99. The Kier molecular flexibility index (Phi) is 5.52. The van der Waals surface area contributed by atoms with E-state index >= 15 is 0 Å². The number of hydrogen-bond acceptors (Lipinski definition) is 4. The Morgan fingerprint density at radius 1 is 1.03 bits per heavy atom. The zero-order chi connectivity index (χ0) is 20.9. The third-order valence-electron chi connectivity index (χ3n) is 4.69. The van der Waals surface area contributed by atoms with E-state index in [0.717, 1.165) is 16.5 Å². The van der Waals surface area contributed by atoms with Crippen molar-refractivity contribution in [3.63, 3.8) is 0 Å². The second-order valence-corrected chi connectivity index (χ2v) is 6.99. The van der Waals surface area contributed by atoms with Crippen LogP contribution >= 0.6 is 0 Å². The molecule has 4 aromatic rings. The molecule has 0 aliphatic heterocycles. The molecule has 2 aromatic heterocycles. The zero-order valence-electron chi connectivity index (χ0n) is 16.5. The normalized spacial score (nSPS) is 10.7. The minimum atomic E-state index is -0.337. The van der Waals surface area contributed by atoms with E-state index in [1.807, 2.05) is 61.5 Å². The van der Waals surface area contributed by atoms with Gasteiger partial charge in [0.15, 0.2) is 0 Å². The molecule has 0 radical (unpaired) electrons. The van der Waals surface area contributed by atoms with Crippen molar-refractivity contribution in [3.05, 3.63) is 100 Å². The predicted molar refractivity (Wildman–Crippen MR) is 116 cm³/mol. The first kappa shape index (κ1) is 19.3. The molecule has 0 saturated heterocycles. The first-order chi connectivity index (χ1) is 14.6. The van der Waals surface area contributed by atoms with Gasteiger partial charge in [-0.15, -0.1) is 0 Å². The average Bonchev–Trinajstić information content (AvgIpc) is 2.75. The number of aromatic nitrogens is 3. The number of nitrogens with one attached hydrogen (secondary N) is 2. The van der Waals surface area contributed by atoms with Crippen LogP contribution in [0.5, 0.6) is 0 Å². The highest BCUT2D eigenvalue weighted by molar-refractivity contribution is 5.90. The summed E-state index contributed by atoms with van der Waals surface area (Å²) in [7, 11) is 0. The van der Waals surface area contributed by atoms with E-state index in [1.165, 1.54) is 4.68 Å². The van der Waals surface area contributed by atoms with Crippen LogP contribution in [0.4, 0.5) is 10.5 Å². The quantitative estimate of drug-likeness (QED) is 0.538. The number of carbonyl (C=O) groups is 1. The molecule has 0 bridgehead atoms. The molecule has 2 aromatic carbocycles. The predicted octanol–water partition coefficient (Wildman–Crippen LogP) is 3.47. The first-order valence-electron chi connectivity index (χ1n) is 9.59. The minimum Gasteiger partial charge on any atom is -0.332 e. The smallest absolute Gasteiger partial charge is 0.319 e.